The molecule has 0 bridgehead atoms. The quantitative estimate of drug-likeness (QED) is 0.463. The van der Waals surface area contributed by atoms with Crippen LogP contribution in [0.4, 0.5) is 0 Å². The smallest absolute Gasteiger partial charge is 0 e. The largest absolute Gasteiger partial charge is 0 e. The fraction of sp³-hybridized carbons (Fsp3) is 0. The van der Waals surface area contributed by atoms with E-state index in [1.54, 1.807) is 0 Å². The fourth-order valence-corrected chi connectivity index (χ4v) is 0. The minimum absolute atomic E-state index is 0. The van der Waals surface area contributed by atoms with Crippen LogP contribution < -0.4 is 0 Å². The summed E-state index contributed by atoms with van der Waals surface area (Å²) in [6, 6.07) is 0. The van der Waals surface area contributed by atoms with E-state index in [9.17, 15) is 0 Å². The Morgan fingerprint density at radius 2 is 1.00 bits per heavy atom. The Morgan fingerprint density at radius 3 is 1.00 bits per heavy atom. The molecule has 0 heterocycles. The van der Waals surface area contributed by atoms with E-state index in [2.05, 4.69) is 0 Å². The van der Waals surface area contributed by atoms with E-state index >= 15 is 0 Å². The molecule has 0 aliphatic carbocycles. The number of hydrogen-bond donors (Lipinski definition) is 0. The van der Waals surface area contributed by atoms with Crippen molar-refractivity contribution in [2.75, 3.05) is 0 Å². The standard InChI is InChI=1S/Be.Cu.Mn.Zr.2H. The summed E-state index contributed by atoms with van der Waals surface area (Å²) in [4.78, 5) is 0. The van der Waals surface area contributed by atoms with Crippen LogP contribution in [0.1, 0.15) is 0 Å². The van der Waals surface area contributed by atoms with E-state index in [1.165, 1.54) is 0 Å². The molecule has 0 aromatic rings. The van der Waals surface area contributed by atoms with Crippen LogP contribution in [0.5, 0.6) is 0 Å². The van der Waals surface area contributed by atoms with Gasteiger partial charge in [0.15, 0.2) is 0 Å². The van der Waals surface area contributed by atoms with Gasteiger partial charge in [-0.3, -0.25) is 0 Å². The SMILES string of the molecule is [BeH2].[Cu].[Mn].[Zr]. The molecule has 4 heavy (non-hydrogen) atoms. The molecule has 0 atom stereocenters. The first-order valence-electron chi connectivity index (χ1n) is 0. The number of hydrogen-bond acceptors (Lipinski definition) is 0. The van der Waals surface area contributed by atoms with Gasteiger partial charge in [0, 0.05) is 60.3 Å². The van der Waals surface area contributed by atoms with Crippen molar-refractivity contribution in [3.05, 3.63) is 0 Å². The summed E-state index contributed by atoms with van der Waals surface area (Å²) >= 11 is 0. The Bertz CT molecular complexity index is 8.00. The summed E-state index contributed by atoms with van der Waals surface area (Å²) in [6.07, 6.45) is 0. The Labute approximate surface area is 69.8 Å². The van der Waals surface area contributed by atoms with E-state index in [0.29, 0.717) is 0 Å². The monoisotopic (exact) mass is 219 g/mol. The molecule has 0 fully saturated rings. The van der Waals surface area contributed by atoms with Gasteiger partial charge in [0.25, 0.3) is 0 Å². The first-order chi connectivity index (χ1) is 0. The van der Waals surface area contributed by atoms with E-state index in [-0.39, 0.29) is 70.5 Å². The Hall–Kier alpha value is 2.09. The summed E-state index contributed by atoms with van der Waals surface area (Å²) in [6.45, 7) is 0. The third-order valence-corrected chi connectivity index (χ3v) is 0. The van der Waals surface area contributed by atoms with Gasteiger partial charge in [-0.15, -0.1) is 0 Å². The maximum absolute atomic E-state index is 0. The summed E-state index contributed by atoms with van der Waals surface area (Å²) < 4.78 is 0. The summed E-state index contributed by atoms with van der Waals surface area (Å²) in [5.41, 5.74) is 0. The minimum Gasteiger partial charge on any atom is 0 e. The topological polar surface area (TPSA) is 0 Å². The van der Waals surface area contributed by atoms with Crippen LogP contribution in [0.2, 0.25) is 0 Å². The molecular weight excluding hydrogens is 219 g/mol. The second-order valence-corrected chi connectivity index (χ2v) is 0. The van der Waals surface area contributed by atoms with Gasteiger partial charge in [0.2, 0.25) is 0 Å². The van der Waals surface area contributed by atoms with Crippen molar-refractivity contribution in [2.24, 2.45) is 0 Å². The molecule has 0 saturated carbocycles. The zero-order valence-corrected chi connectivity index (χ0v) is 5.76. The Morgan fingerprint density at radius 1 is 1.00 bits per heavy atom. The first-order valence-corrected chi connectivity index (χ1v) is 0. The van der Waals surface area contributed by atoms with E-state index in [0.717, 1.165) is 0 Å². The third kappa shape index (κ3) is 8.94. The third-order valence-electron chi connectivity index (χ3n) is 0. The molecule has 0 spiro atoms. The predicted molar refractivity (Wildman–Crippen MR) is 8.54 cm³/mol. The first kappa shape index (κ1) is 36.1. The molecule has 0 nitrogen and oxygen atoms in total. The molecule has 0 N–H and O–H groups in total. The second kappa shape index (κ2) is 19.5. The van der Waals surface area contributed by atoms with Gasteiger partial charge < -0.3 is 0 Å². The maximum atomic E-state index is 0. The molecule has 4 heteroatoms. The van der Waals surface area contributed by atoms with Gasteiger partial charge >= 0.3 is 10.1 Å². The average molecular weight is 221 g/mol. The van der Waals surface area contributed by atoms with Gasteiger partial charge in [0.05, 0.1) is 0 Å². The van der Waals surface area contributed by atoms with Gasteiger partial charge in [-0.2, -0.15) is 0 Å². The molecule has 0 aliphatic heterocycles. The van der Waals surface area contributed by atoms with Crippen molar-refractivity contribution in [3.8, 4) is 0 Å². The molecule has 0 saturated heterocycles. The van der Waals surface area contributed by atoms with Gasteiger partial charge in [-0.05, 0) is 0 Å². The molecule has 0 rings (SSSR count). The van der Waals surface area contributed by atoms with Crippen molar-refractivity contribution in [2.45, 2.75) is 0 Å². The maximum Gasteiger partial charge on any atom is 0 e. The van der Waals surface area contributed by atoms with Crippen molar-refractivity contribution in [3.63, 3.8) is 0 Å². The van der Waals surface area contributed by atoms with Crippen LogP contribution in [-0.4, -0.2) is 10.1 Å². The molecule has 0 amide bonds. The summed E-state index contributed by atoms with van der Waals surface area (Å²) in [7, 11) is 0. The molecule has 26 valence electrons. The molecule has 2 radical (unpaired) electrons. The minimum atomic E-state index is 0. The van der Waals surface area contributed by atoms with Crippen LogP contribution in [0.3, 0.4) is 0 Å². The van der Waals surface area contributed by atoms with Crippen LogP contribution in [-0.2, 0) is 60.3 Å². The molecule has 0 aromatic heterocycles. The Kier molecular flexibility index (Phi) is 176. The average Bonchev–Trinajstić information content (AvgIpc) is 0. The zero-order valence-electron chi connectivity index (χ0n) is 1.18. The van der Waals surface area contributed by atoms with Gasteiger partial charge in [-0.25, -0.2) is 0 Å². The van der Waals surface area contributed by atoms with Gasteiger partial charge in [-0.1, -0.05) is 0 Å². The van der Waals surface area contributed by atoms with Crippen molar-refractivity contribution in [1.29, 1.82) is 0 Å². The second-order valence-electron chi connectivity index (χ2n) is 0. The number of rotatable bonds is 0. The Balaban J connectivity index is 0. The van der Waals surface area contributed by atoms with Crippen molar-refractivity contribution >= 4 is 10.1 Å². The van der Waals surface area contributed by atoms with Crippen LogP contribution in [0, 0.1) is 0 Å². The fourth-order valence-electron chi connectivity index (χ4n) is 0. The van der Waals surface area contributed by atoms with Crippen LogP contribution in [0.15, 0.2) is 0 Å². The summed E-state index contributed by atoms with van der Waals surface area (Å²) in [5.74, 6) is 0. The van der Waals surface area contributed by atoms with Crippen LogP contribution >= 0.6 is 0 Å². The van der Waals surface area contributed by atoms with Crippen molar-refractivity contribution in [1.82, 2.24) is 0 Å². The van der Waals surface area contributed by atoms with Crippen molar-refractivity contribution < 1.29 is 60.3 Å². The summed E-state index contributed by atoms with van der Waals surface area (Å²) in [5, 5.41) is 0. The van der Waals surface area contributed by atoms with Crippen LogP contribution in [0.25, 0.3) is 0 Å². The normalized spacial score (nSPS) is 0. The molecule has 0 aromatic carbocycles. The van der Waals surface area contributed by atoms with E-state index < -0.39 is 0 Å². The zero-order chi connectivity index (χ0) is 0. The predicted octanol–water partition coefficient (Wildman–Crippen LogP) is -0.924. The van der Waals surface area contributed by atoms with E-state index in [1.807, 2.05) is 0 Å². The van der Waals surface area contributed by atoms with Gasteiger partial charge in [0.1, 0.15) is 0 Å². The van der Waals surface area contributed by atoms with E-state index in [4.69, 9.17) is 0 Å². The molecular formula is H2BeCuMnZr. The molecule has 0 unspecified atom stereocenters. The molecule has 0 aliphatic rings.